The Labute approximate surface area is 180 Å². The SMILES string of the molecule is CCCCCCCCc1cccc2c1C(CCCCCCCC)c1ccccc1-2. The van der Waals surface area contributed by atoms with Gasteiger partial charge in [0.05, 0.1) is 0 Å². The van der Waals surface area contributed by atoms with Crippen LogP contribution in [-0.4, -0.2) is 0 Å². The first-order valence-corrected chi connectivity index (χ1v) is 12.6. The van der Waals surface area contributed by atoms with Crippen LogP contribution in [-0.2, 0) is 6.42 Å². The summed E-state index contributed by atoms with van der Waals surface area (Å²) in [6.07, 6.45) is 19.2. The molecule has 1 aliphatic carbocycles. The second-order valence-corrected chi connectivity index (χ2v) is 9.09. The summed E-state index contributed by atoms with van der Waals surface area (Å²) in [6, 6.07) is 16.3. The number of fused-ring (bicyclic) bond motifs is 3. The largest absolute Gasteiger partial charge is 0.0654 e. The lowest BCUT2D eigenvalue weighted by Gasteiger charge is -2.17. The van der Waals surface area contributed by atoms with E-state index in [1.54, 1.807) is 16.7 Å². The molecule has 0 fully saturated rings. The number of rotatable bonds is 14. The van der Waals surface area contributed by atoms with E-state index >= 15 is 0 Å². The molecule has 2 aromatic carbocycles. The molecule has 1 atom stereocenters. The molecule has 0 heteroatoms. The van der Waals surface area contributed by atoms with Gasteiger partial charge in [0.15, 0.2) is 0 Å². The molecular formula is C29H42. The lowest BCUT2D eigenvalue weighted by Crippen LogP contribution is -2.02. The minimum atomic E-state index is 0.628. The van der Waals surface area contributed by atoms with Crippen LogP contribution >= 0.6 is 0 Å². The lowest BCUT2D eigenvalue weighted by atomic mass is 9.87. The monoisotopic (exact) mass is 390 g/mol. The normalized spacial score (nSPS) is 14.8. The van der Waals surface area contributed by atoms with Crippen LogP contribution in [0.3, 0.4) is 0 Å². The quantitative estimate of drug-likeness (QED) is 0.282. The van der Waals surface area contributed by atoms with E-state index in [0.29, 0.717) is 5.92 Å². The number of aryl methyl sites for hydroxylation is 1. The van der Waals surface area contributed by atoms with Crippen molar-refractivity contribution in [1.82, 2.24) is 0 Å². The molecule has 158 valence electrons. The van der Waals surface area contributed by atoms with Crippen molar-refractivity contribution >= 4 is 0 Å². The zero-order chi connectivity index (χ0) is 20.3. The Bertz CT molecular complexity index is 727. The maximum atomic E-state index is 2.42. The third kappa shape index (κ3) is 5.97. The minimum absolute atomic E-state index is 0.628. The second kappa shape index (κ2) is 12.2. The number of benzene rings is 2. The van der Waals surface area contributed by atoms with Gasteiger partial charge < -0.3 is 0 Å². The second-order valence-electron chi connectivity index (χ2n) is 9.09. The highest BCUT2D eigenvalue weighted by molar-refractivity contribution is 5.80. The van der Waals surface area contributed by atoms with Crippen molar-refractivity contribution in [3.63, 3.8) is 0 Å². The van der Waals surface area contributed by atoms with Gasteiger partial charge in [0.25, 0.3) is 0 Å². The van der Waals surface area contributed by atoms with E-state index in [0.717, 1.165) is 0 Å². The van der Waals surface area contributed by atoms with Crippen molar-refractivity contribution < 1.29 is 0 Å². The molecule has 0 saturated heterocycles. The Morgan fingerprint density at radius 1 is 0.586 bits per heavy atom. The Morgan fingerprint density at radius 3 is 1.97 bits per heavy atom. The van der Waals surface area contributed by atoms with Crippen molar-refractivity contribution in [2.45, 2.75) is 110 Å². The summed E-state index contributed by atoms with van der Waals surface area (Å²) in [6.45, 7) is 4.60. The maximum absolute atomic E-state index is 2.42. The highest BCUT2D eigenvalue weighted by Gasteiger charge is 2.29. The van der Waals surface area contributed by atoms with Crippen LogP contribution < -0.4 is 0 Å². The molecule has 1 unspecified atom stereocenters. The van der Waals surface area contributed by atoms with Gasteiger partial charge in [-0.15, -0.1) is 0 Å². The van der Waals surface area contributed by atoms with Crippen LogP contribution in [0, 0.1) is 0 Å². The summed E-state index contributed by atoms with van der Waals surface area (Å²) in [5.74, 6) is 0.628. The molecule has 3 rings (SSSR count). The van der Waals surface area contributed by atoms with E-state index in [9.17, 15) is 0 Å². The van der Waals surface area contributed by atoms with Gasteiger partial charge in [-0.2, -0.15) is 0 Å². The Hall–Kier alpha value is -1.56. The van der Waals surface area contributed by atoms with E-state index in [1.807, 2.05) is 0 Å². The Balaban J connectivity index is 1.66. The number of hydrogen-bond donors (Lipinski definition) is 0. The van der Waals surface area contributed by atoms with Crippen molar-refractivity contribution in [3.8, 4) is 11.1 Å². The molecule has 0 N–H and O–H groups in total. The molecule has 0 aliphatic heterocycles. The lowest BCUT2D eigenvalue weighted by molar-refractivity contribution is 0.568. The third-order valence-corrected chi connectivity index (χ3v) is 6.82. The fraction of sp³-hybridized carbons (Fsp3) is 0.586. The average Bonchev–Trinajstić information content (AvgIpc) is 3.08. The van der Waals surface area contributed by atoms with Crippen molar-refractivity contribution in [1.29, 1.82) is 0 Å². The van der Waals surface area contributed by atoms with E-state index in [1.165, 1.54) is 101 Å². The molecule has 1 aliphatic rings. The van der Waals surface area contributed by atoms with E-state index in [2.05, 4.69) is 56.3 Å². The number of unbranched alkanes of at least 4 members (excludes halogenated alkanes) is 10. The van der Waals surface area contributed by atoms with E-state index in [-0.39, 0.29) is 0 Å². The zero-order valence-corrected chi connectivity index (χ0v) is 19.0. The minimum Gasteiger partial charge on any atom is -0.0654 e. The highest BCUT2D eigenvalue weighted by atomic mass is 14.3. The fourth-order valence-corrected chi connectivity index (χ4v) is 5.20. The topological polar surface area (TPSA) is 0 Å². The molecule has 0 nitrogen and oxygen atoms in total. The summed E-state index contributed by atoms with van der Waals surface area (Å²) in [7, 11) is 0. The van der Waals surface area contributed by atoms with Crippen LogP contribution in [0.1, 0.15) is 120 Å². The standard InChI is InChI=1S/C29H42/c1-3-5-7-9-11-13-18-24-19-17-23-28-26-21-16-15-20-25(26)27(29(24)28)22-14-12-10-8-6-4-2/h15-17,19-21,23,27H,3-14,18,22H2,1-2H3. The molecule has 2 aromatic rings. The predicted molar refractivity (Wildman–Crippen MR) is 129 cm³/mol. The van der Waals surface area contributed by atoms with Crippen LogP contribution in [0.4, 0.5) is 0 Å². The van der Waals surface area contributed by atoms with E-state index < -0.39 is 0 Å². The van der Waals surface area contributed by atoms with Gasteiger partial charge in [-0.05, 0) is 47.1 Å². The average molecular weight is 391 g/mol. The van der Waals surface area contributed by atoms with Crippen molar-refractivity contribution in [2.75, 3.05) is 0 Å². The molecule has 0 radical (unpaired) electrons. The molecule has 0 saturated carbocycles. The summed E-state index contributed by atoms with van der Waals surface area (Å²) in [5, 5.41) is 0. The van der Waals surface area contributed by atoms with Gasteiger partial charge in [0, 0.05) is 5.92 Å². The van der Waals surface area contributed by atoms with Gasteiger partial charge in [-0.1, -0.05) is 127 Å². The number of hydrogen-bond acceptors (Lipinski definition) is 0. The van der Waals surface area contributed by atoms with Gasteiger partial charge >= 0.3 is 0 Å². The van der Waals surface area contributed by atoms with Gasteiger partial charge in [0.2, 0.25) is 0 Å². The van der Waals surface area contributed by atoms with E-state index in [4.69, 9.17) is 0 Å². The summed E-state index contributed by atoms with van der Waals surface area (Å²) >= 11 is 0. The van der Waals surface area contributed by atoms with Crippen molar-refractivity contribution in [3.05, 3.63) is 59.2 Å². The van der Waals surface area contributed by atoms with Crippen LogP contribution in [0.25, 0.3) is 11.1 Å². The molecule has 0 bridgehead atoms. The summed E-state index contributed by atoms with van der Waals surface area (Å²) in [4.78, 5) is 0. The van der Waals surface area contributed by atoms with Crippen LogP contribution in [0.2, 0.25) is 0 Å². The summed E-state index contributed by atoms with van der Waals surface area (Å²) < 4.78 is 0. The Kier molecular flexibility index (Phi) is 9.32. The van der Waals surface area contributed by atoms with Gasteiger partial charge in [-0.25, -0.2) is 0 Å². The van der Waals surface area contributed by atoms with Crippen molar-refractivity contribution in [2.24, 2.45) is 0 Å². The zero-order valence-electron chi connectivity index (χ0n) is 19.0. The Morgan fingerprint density at radius 2 is 1.21 bits per heavy atom. The first-order chi connectivity index (χ1) is 14.4. The maximum Gasteiger partial charge on any atom is 0.0104 e. The molecule has 0 aromatic heterocycles. The highest BCUT2D eigenvalue weighted by Crippen LogP contribution is 2.48. The first kappa shape index (κ1) is 22.1. The smallest absolute Gasteiger partial charge is 0.0104 e. The van der Waals surface area contributed by atoms with Gasteiger partial charge in [-0.3, -0.25) is 0 Å². The molecule has 29 heavy (non-hydrogen) atoms. The molecule has 0 heterocycles. The van der Waals surface area contributed by atoms with Gasteiger partial charge in [0.1, 0.15) is 0 Å². The molecule has 0 spiro atoms. The third-order valence-electron chi connectivity index (χ3n) is 6.82. The predicted octanol–water partition coefficient (Wildman–Crippen LogP) is 9.45. The summed E-state index contributed by atoms with van der Waals surface area (Å²) in [5.41, 5.74) is 7.93. The van der Waals surface area contributed by atoms with Crippen LogP contribution in [0.5, 0.6) is 0 Å². The molecule has 0 amide bonds. The fourth-order valence-electron chi connectivity index (χ4n) is 5.20. The van der Waals surface area contributed by atoms with Crippen LogP contribution in [0.15, 0.2) is 42.5 Å². The molecular weight excluding hydrogens is 348 g/mol. The first-order valence-electron chi connectivity index (χ1n) is 12.6.